The maximum atomic E-state index is 13.9. The molecule has 1 aromatic heterocycles. The number of carbonyl (C=O) groups is 1. The number of hydrogen-bond donors (Lipinski definition) is 0. The summed E-state index contributed by atoms with van der Waals surface area (Å²) in [6.07, 6.45) is 1.56. The number of amides is 1. The van der Waals surface area contributed by atoms with E-state index < -0.39 is 9.84 Å². The van der Waals surface area contributed by atoms with E-state index in [1.165, 1.54) is 0 Å². The molecule has 1 aliphatic rings. The second-order valence-electron chi connectivity index (χ2n) is 10.6. The van der Waals surface area contributed by atoms with Gasteiger partial charge in [-0.05, 0) is 41.8 Å². The van der Waals surface area contributed by atoms with Crippen molar-refractivity contribution in [3.63, 3.8) is 0 Å². The van der Waals surface area contributed by atoms with Crippen LogP contribution in [0.15, 0.2) is 84.1 Å². The number of hydrogen-bond acceptors (Lipinski definition) is 6. The van der Waals surface area contributed by atoms with Gasteiger partial charge in [0.2, 0.25) is 15.0 Å². The summed E-state index contributed by atoms with van der Waals surface area (Å²) in [4.78, 5) is 22.3. The number of aromatic nitrogens is 2. The molecule has 1 amide bonds. The fraction of sp³-hybridized carbons (Fsp3) is 0.312. The summed E-state index contributed by atoms with van der Waals surface area (Å²) in [6, 6.07) is 21.9. The lowest BCUT2D eigenvalue weighted by atomic mass is 10.1. The van der Waals surface area contributed by atoms with Crippen LogP contribution >= 0.6 is 23.2 Å². The van der Waals surface area contributed by atoms with Crippen molar-refractivity contribution in [2.45, 2.75) is 30.9 Å². The first-order chi connectivity index (χ1) is 20.7. The van der Waals surface area contributed by atoms with E-state index in [1.54, 1.807) is 33.9 Å². The van der Waals surface area contributed by atoms with Crippen molar-refractivity contribution in [2.75, 3.05) is 39.4 Å². The summed E-state index contributed by atoms with van der Waals surface area (Å²) >= 11 is 12.6. The predicted octanol–water partition coefficient (Wildman–Crippen LogP) is 5.50. The topological polar surface area (TPSA) is 84.7 Å². The molecule has 1 saturated heterocycles. The Morgan fingerprint density at radius 2 is 1.72 bits per heavy atom. The molecule has 4 aromatic rings. The van der Waals surface area contributed by atoms with E-state index in [1.807, 2.05) is 61.5 Å². The molecule has 1 fully saturated rings. The van der Waals surface area contributed by atoms with E-state index >= 15 is 0 Å². The number of halogens is 2. The summed E-state index contributed by atoms with van der Waals surface area (Å²) in [7, 11) is -3.82. The lowest BCUT2D eigenvalue weighted by Gasteiger charge is -2.30. The molecule has 5 rings (SSSR count). The van der Waals surface area contributed by atoms with Gasteiger partial charge in [0, 0.05) is 31.2 Å². The van der Waals surface area contributed by atoms with Gasteiger partial charge in [0.15, 0.2) is 0 Å². The third kappa shape index (κ3) is 7.85. The molecule has 3 aromatic carbocycles. The largest absolute Gasteiger partial charge is 0.379 e. The van der Waals surface area contributed by atoms with Crippen LogP contribution in [0.1, 0.15) is 32.7 Å². The molecule has 43 heavy (non-hydrogen) atoms. The maximum Gasteiger partial charge on any atom is 0.255 e. The van der Waals surface area contributed by atoms with Crippen LogP contribution in [0.4, 0.5) is 0 Å². The first-order valence-electron chi connectivity index (χ1n) is 14.1. The molecule has 0 bridgehead atoms. The maximum absolute atomic E-state index is 13.9. The molecule has 0 aliphatic carbocycles. The summed E-state index contributed by atoms with van der Waals surface area (Å²) in [5.41, 5.74) is 3.47. The molecule has 226 valence electrons. The summed E-state index contributed by atoms with van der Waals surface area (Å²) in [5.74, 6) is -0.447. The molecule has 0 unspecified atom stereocenters. The second kappa shape index (κ2) is 14.1. The van der Waals surface area contributed by atoms with Crippen LogP contribution < -0.4 is 0 Å². The zero-order valence-electron chi connectivity index (χ0n) is 24.0. The number of sulfone groups is 1. The van der Waals surface area contributed by atoms with Crippen molar-refractivity contribution in [1.29, 1.82) is 0 Å². The Morgan fingerprint density at radius 1 is 1.00 bits per heavy atom. The highest BCUT2D eigenvalue weighted by Crippen LogP contribution is 2.25. The quantitative estimate of drug-likeness (QED) is 0.215. The normalized spacial score (nSPS) is 14.1. The Balaban J connectivity index is 1.50. The van der Waals surface area contributed by atoms with E-state index in [4.69, 9.17) is 27.9 Å². The van der Waals surface area contributed by atoms with Crippen LogP contribution in [-0.4, -0.2) is 73.1 Å². The smallest absolute Gasteiger partial charge is 0.255 e. The van der Waals surface area contributed by atoms with Gasteiger partial charge in [-0.15, -0.1) is 0 Å². The first kappa shape index (κ1) is 31.2. The fourth-order valence-electron chi connectivity index (χ4n) is 5.11. The molecular weight excluding hydrogens is 607 g/mol. The molecule has 0 spiro atoms. The van der Waals surface area contributed by atoms with Crippen LogP contribution in [0.5, 0.6) is 0 Å². The Hall–Kier alpha value is -3.21. The SMILES string of the molecule is Cc1ccccc1CS(=O)(=O)c1ncc(CN(CCN2CCOCC2)C(=O)c2ccc(Cl)cc2Cl)n1Cc1ccccc1. The molecule has 0 saturated carbocycles. The van der Waals surface area contributed by atoms with E-state index in [0.29, 0.717) is 42.6 Å². The third-order valence-corrected chi connectivity index (χ3v) is 9.68. The first-order valence-corrected chi connectivity index (χ1v) is 16.5. The summed E-state index contributed by atoms with van der Waals surface area (Å²) < 4.78 is 34.8. The number of rotatable bonds is 11. The van der Waals surface area contributed by atoms with Crippen molar-refractivity contribution < 1.29 is 17.9 Å². The number of imidazole rings is 1. The van der Waals surface area contributed by atoms with Gasteiger partial charge in [0.1, 0.15) is 0 Å². The average molecular weight is 642 g/mol. The minimum Gasteiger partial charge on any atom is -0.379 e. The molecule has 1 aliphatic heterocycles. The van der Waals surface area contributed by atoms with Gasteiger partial charge in [-0.2, -0.15) is 0 Å². The minimum absolute atomic E-state index is 0.0280. The van der Waals surface area contributed by atoms with Gasteiger partial charge in [-0.1, -0.05) is 77.8 Å². The number of carbonyl (C=O) groups excluding carboxylic acids is 1. The number of ether oxygens (including phenoxy) is 1. The monoisotopic (exact) mass is 640 g/mol. The highest BCUT2D eigenvalue weighted by Gasteiger charge is 2.27. The lowest BCUT2D eigenvalue weighted by Crippen LogP contribution is -2.43. The van der Waals surface area contributed by atoms with Crippen LogP contribution in [0.2, 0.25) is 10.0 Å². The fourth-order valence-corrected chi connectivity index (χ4v) is 7.19. The molecular formula is C32H34Cl2N4O4S. The number of aryl methyl sites for hydroxylation is 1. The zero-order valence-corrected chi connectivity index (χ0v) is 26.3. The van der Waals surface area contributed by atoms with Crippen molar-refractivity contribution in [2.24, 2.45) is 0 Å². The molecule has 0 radical (unpaired) electrons. The van der Waals surface area contributed by atoms with E-state index in [0.717, 1.165) is 29.8 Å². The van der Waals surface area contributed by atoms with Crippen molar-refractivity contribution in [3.05, 3.63) is 117 Å². The van der Waals surface area contributed by atoms with Crippen molar-refractivity contribution in [3.8, 4) is 0 Å². The summed E-state index contributed by atoms with van der Waals surface area (Å²) in [6.45, 7) is 6.19. The third-order valence-electron chi connectivity index (χ3n) is 7.56. The Kier molecular flexibility index (Phi) is 10.2. The van der Waals surface area contributed by atoms with Gasteiger partial charge >= 0.3 is 0 Å². The van der Waals surface area contributed by atoms with Gasteiger partial charge in [-0.3, -0.25) is 9.69 Å². The van der Waals surface area contributed by atoms with Crippen LogP contribution in [-0.2, 0) is 33.4 Å². The van der Waals surface area contributed by atoms with E-state index in [-0.39, 0.29) is 34.9 Å². The van der Waals surface area contributed by atoms with Crippen molar-refractivity contribution in [1.82, 2.24) is 19.4 Å². The van der Waals surface area contributed by atoms with Gasteiger partial charge in [0.05, 0.1) is 54.5 Å². The van der Waals surface area contributed by atoms with Crippen LogP contribution in [0.25, 0.3) is 0 Å². The van der Waals surface area contributed by atoms with Gasteiger partial charge in [-0.25, -0.2) is 13.4 Å². The predicted molar refractivity (Wildman–Crippen MR) is 168 cm³/mol. The number of nitrogens with zero attached hydrogens (tertiary/aromatic N) is 4. The average Bonchev–Trinajstić information content (AvgIpc) is 3.40. The van der Waals surface area contributed by atoms with Crippen LogP contribution in [0.3, 0.4) is 0 Å². The molecule has 8 nitrogen and oxygen atoms in total. The Labute approximate surface area is 262 Å². The molecule has 0 N–H and O–H groups in total. The Bertz CT molecular complexity index is 1670. The van der Waals surface area contributed by atoms with Crippen molar-refractivity contribution >= 4 is 38.9 Å². The Morgan fingerprint density at radius 3 is 2.44 bits per heavy atom. The van der Waals surface area contributed by atoms with E-state index in [2.05, 4.69) is 9.88 Å². The van der Waals surface area contributed by atoms with Crippen LogP contribution in [0, 0.1) is 6.92 Å². The second-order valence-corrected chi connectivity index (χ2v) is 13.3. The van der Waals surface area contributed by atoms with E-state index in [9.17, 15) is 13.2 Å². The molecule has 0 atom stereocenters. The van der Waals surface area contributed by atoms with Gasteiger partial charge < -0.3 is 14.2 Å². The number of benzene rings is 3. The minimum atomic E-state index is -3.82. The highest BCUT2D eigenvalue weighted by atomic mass is 35.5. The molecule has 11 heteroatoms. The van der Waals surface area contributed by atoms with Gasteiger partial charge in [0.25, 0.3) is 5.91 Å². The lowest BCUT2D eigenvalue weighted by molar-refractivity contribution is 0.0319. The highest BCUT2D eigenvalue weighted by molar-refractivity contribution is 7.90. The summed E-state index contributed by atoms with van der Waals surface area (Å²) in [5, 5.41) is 0.665. The number of morpholine rings is 1. The zero-order chi connectivity index (χ0) is 30.4. The molecule has 2 heterocycles. The standard InChI is InChI=1S/C32H34Cl2N4O4S/c1-24-7-5-6-10-26(24)23-43(40,41)32-35-20-28(38(32)21-25-8-3-2-4-9-25)22-37(14-13-36-15-17-42-18-16-36)31(39)29-12-11-27(33)19-30(29)34/h2-12,19-20H,13-18,21-23H2,1H3.